The van der Waals surface area contributed by atoms with Gasteiger partial charge >= 0.3 is 0 Å². The molecule has 2 nitrogen and oxygen atoms in total. The van der Waals surface area contributed by atoms with Crippen LogP contribution in [-0.2, 0) is 13.1 Å². The molecule has 0 aliphatic heterocycles. The van der Waals surface area contributed by atoms with E-state index in [0.717, 1.165) is 17.8 Å². The van der Waals surface area contributed by atoms with Gasteiger partial charge in [0.05, 0.1) is 0 Å². The maximum absolute atomic E-state index is 13.5. The van der Waals surface area contributed by atoms with Gasteiger partial charge in [0.15, 0.2) is 0 Å². The van der Waals surface area contributed by atoms with Crippen molar-refractivity contribution < 1.29 is 4.39 Å². The topological polar surface area (TPSA) is 15.3 Å². The average Bonchev–Trinajstić information content (AvgIpc) is 2.46. The molecule has 0 amide bonds. The highest BCUT2D eigenvalue weighted by atomic mass is 19.1. The molecular formula is C18H23FN2. The second-order valence-electron chi connectivity index (χ2n) is 5.65. The van der Waals surface area contributed by atoms with Gasteiger partial charge in [0, 0.05) is 31.9 Å². The first kappa shape index (κ1) is 15.5. The van der Waals surface area contributed by atoms with Crippen LogP contribution in [0.5, 0.6) is 0 Å². The summed E-state index contributed by atoms with van der Waals surface area (Å²) >= 11 is 0. The summed E-state index contributed by atoms with van der Waals surface area (Å²) in [5, 5.41) is 3.35. The Morgan fingerprint density at radius 3 is 2.48 bits per heavy atom. The van der Waals surface area contributed by atoms with Crippen LogP contribution < -0.4 is 10.2 Å². The summed E-state index contributed by atoms with van der Waals surface area (Å²) in [6.45, 7) is 5.66. The summed E-state index contributed by atoms with van der Waals surface area (Å²) in [7, 11) is 2.04. The maximum Gasteiger partial charge on any atom is 0.123 e. The normalized spacial score (nSPS) is 10.9. The molecule has 0 saturated heterocycles. The van der Waals surface area contributed by atoms with E-state index in [4.69, 9.17) is 0 Å². The highest BCUT2D eigenvalue weighted by molar-refractivity contribution is 5.53. The second-order valence-corrected chi connectivity index (χ2v) is 5.65. The van der Waals surface area contributed by atoms with Crippen molar-refractivity contribution in [3.8, 4) is 0 Å². The number of hydrogen-bond acceptors (Lipinski definition) is 2. The minimum absolute atomic E-state index is 0.188. The monoisotopic (exact) mass is 286 g/mol. The van der Waals surface area contributed by atoms with Gasteiger partial charge in [-0.25, -0.2) is 4.39 Å². The first-order valence-electron chi connectivity index (χ1n) is 7.33. The van der Waals surface area contributed by atoms with Gasteiger partial charge in [-0.05, 0) is 29.3 Å². The quantitative estimate of drug-likeness (QED) is 0.864. The zero-order valence-corrected chi connectivity index (χ0v) is 12.9. The maximum atomic E-state index is 13.5. The van der Waals surface area contributed by atoms with E-state index < -0.39 is 0 Å². The molecule has 0 spiro atoms. The summed E-state index contributed by atoms with van der Waals surface area (Å²) in [6, 6.07) is 15.7. The molecule has 0 radical (unpaired) electrons. The van der Waals surface area contributed by atoms with Crippen molar-refractivity contribution in [1.29, 1.82) is 0 Å². The minimum atomic E-state index is -0.188. The molecule has 2 aromatic rings. The van der Waals surface area contributed by atoms with Crippen LogP contribution in [0.4, 0.5) is 10.1 Å². The van der Waals surface area contributed by atoms with E-state index in [1.165, 1.54) is 11.6 Å². The lowest BCUT2D eigenvalue weighted by Crippen LogP contribution is -2.24. The standard InChI is InChI=1S/C18H23FN2/c1-14(2)20-12-16-11-17(19)9-10-18(16)21(3)13-15-7-5-4-6-8-15/h4-11,14,20H,12-13H2,1-3H3. The molecule has 0 fully saturated rings. The number of hydrogen-bond donors (Lipinski definition) is 1. The molecule has 112 valence electrons. The van der Waals surface area contributed by atoms with Crippen molar-refractivity contribution in [2.75, 3.05) is 11.9 Å². The molecule has 0 atom stereocenters. The second kappa shape index (κ2) is 7.23. The van der Waals surface area contributed by atoms with Crippen LogP contribution in [0.15, 0.2) is 48.5 Å². The summed E-state index contributed by atoms with van der Waals surface area (Å²) in [5.74, 6) is -0.188. The smallest absolute Gasteiger partial charge is 0.123 e. The number of benzene rings is 2. The number of nitrogens with one attached hydrogen (secondary N) is 1. The van der Waals surface area contributed by atoms with E-state index in [1.807, 2.05) is 31.3 Å². The Labute approximate surface area is 126 Å². The predicted molar refractivity (Wildman–Crippen MR) is 86.9 cm³/mol. The van der Waals surface area contributed by atoms with Crippen LogP contribution in [0.1, 0.15) is 25.0 Å². The molecule has 21 heavy (non-hydrogen) atoms. The van der Waals surface area contributed by atoms with E-state index in [-0.39, 0.29) is 5.82 Å². The van der Waals surface area contributed by atoms with Gasteiger partial charge in [-0.1, -0.05) is 44.2 Å². The lowest BCUT2D eigenvalue weighted by atomic mass is 10.1. The van der Waals surface area contributed by atoms with Gasteiger partial charge in [0.25, 0.3) is 0 Å². The minimum Gasteiger partial charge on any atom is -0.370 e. The SMILES string of the molecule is CC(C)NCc1cc(F)ccc1N(C)Cc1ccccc1. The van der Waals surface area contributed by atoms with Gasteiger partial charge in [0.2, 0.25) is 0 Å². The average molecular weight is 286 g/mol. The highest BCUT2D eigenvalue weighted by Gasteiger charge is 2.09. The molecular weight excluding hydrogens is 263 g/mol. The fourth-order valence-electron chi connectivity index (χ4n) is 2.32. The van der Waals surface area contributed by atoms with E-state index in [9.17, 15) is 4.39 Å². The number of halogens is 1. The number of nitrogens with zero attached hydrogens (tertiary/aromatic N) is 1. The summed E-state index contributed by atoms with van der Waals surface area (Å²) in [5.41, 5.74) is 3.29. The van der Waals surface area contributed by atoms with Crippen LogP contribution >= 0.6 is 0 Å². The third-order valence-corrected chi connectivity index (χ3v) is 3.42. The predicted octanol–water partition coefficient (Wildman–Crippen LogP) is 3.96. The first-order chi connectivity index (χ1) is 10.1. The fraction of sp³-hybridized carbons (Fsp3) is 0.333. The van der Waals surface area contributed by atoms with Crippen molar-refractivity contribution in [3.63, 3.8) is 0 Å². The Morgan fingerprint density at radius 1 is 1.10 bits per heavy atom. The Balaban J connectivity index is 2.17. The van der Waals surface area contributed by atoms with Crippen LogP contribution in [-0.4, -0.2) is 13.1 Å². The van der Waals surface area contributed by atoms with Gasteiger partial charge < -0.3 is 10.2 Å². The van der Waals surface area contributed by atoms with Crippen LogP contribution in [0, 0.1) is 5.82 Å². The molecule has 1 N–H and O–H groups in total. The van der Waals surface area contributed by atoms with Crippen molar-refractivity contribution >= 4 is 5.69 Å². The van der Waals surface area contributed by atoms with E-state index in [2.05, 4.69) is 36.2 Å². The summed E-state index contributed by atoms with van der Waals surface area (Å²) < 4.78 is 13.5. The van der Waals surface area contributed by atoms with Crippen LogP contribution in [0.2, 0.25) is 0 Å². The molecule has 3 heteroatoms. The molecule has 0 aliphatic rings. The van der Waals surface area contributed by atoms with Crippen molar-refractivity contribution in [3.05, 3.63) is 65.5 Å². The molecule has 0 unspecified atom stereocenters. The number of anilines is 1. The van der Waals surface area contributed by atoms with Gasteiger partial charge in [-0.2, -0.15) is 0 Å². The van der Waals surface area contributed by atoms with E-state index >= 15 is 0 Å². The third kappa shape index (κ3) is 4.57. The fourth-order valence-corrected chi connectivity index (χ4v) is 2.32. The van der Waals surface area contributed by atoms with Crippen LogP contribution in [0.3, 0.4) is 0 Å². The first-order valence-corrected chi connectivity index (χ1v) is 7.33. The molecule has 0 heterocycles. The van der Waals surface area contributed by atoms with Crippen molar-refractivity contribution in [1.82, 2.24) is 5.32 Å². The van der Waals surface area contributed by atoms with Crippen molar-refractivity contribution in [2.24, 2.45) is 0 Å². The van der Waals surface area contributed by atoms with E-state index in [1.54, 1.807) is 6.07 Å². The van der Waals surface area contributed by atoms with Crippen LogP contribution in [0.25, 0.3) is 0 Å². The lowest BCUT2D eigenvalue weighted by molar-refractivity contribution is 0.580. The Kier molecular flexibility index (Phi) is 5.34. The summed E-state index contributed by atoms with van der Waals surface area (Å²) in [4.78, 5) is 2.16. The van der Waals surface area contributed by atoms with Gasteiger partial charge in [-0.3, -0.25) is 0 Å². The van der Waals surface area contributed by atoms with E-state index in [0.29, 0.717) is 12.6 Å². The Morgan fingerprint density at radius 2 is 1.81 bits per heavy atom. The third-order valence-electron chi connectivity index (χ3n) is 3.42. The Hall–Kier alpha value is -1.87. The highest BCUT2D eigenvalue weighted by Crippen LogP contribution is 2.22. The molecule has 2 aromatic carbocycles. The molecule has 0 aromatic heterocycles. The molecule has 0 bridgehead atoms. The number of rotatable bonds is 6. The van der Waals surface area contributed by atoms with Gasteiger partial charge in [0.1, 0.15) is 5.82 Å². The molecule has 0 aliphatic carbocycles. The van der Waals surface area contributed by atoms with Gasteiger partial charge in [-0.15, -0.1) is 0 Å². The Bertz CT molecular complexity index is 567. The largest absolute Gasteiger partial charge is 0.370 e. The zero-order chi connectivity index (χ0) is 15.2. The molecule has 2 rings (SSSR count). The molecule has 0 saturated carbocycles. The summed E-state index contributed by atoms with van der Waals surface area (Å²) in [6.07, 6.45) is 0. The van der Waals surface area contributed by atoms with Crippen molar-refractivity contribution in [2.45, 2.75) is 33.0 Å². The lowest BCUT2D eigenvalue weighted by Gasteiger charge is -2.23. The zero-order valence-electron chi connectivity index (χ0n) is 12.9.